The van der Waals surface area contributed by atoms with Crippen molar-refractivity contribution >= 4 is 23.8 Å². The second kappa shape index (κ2) is 18.1. The van der Waals surface area contributed by atoms with Gasteiger partial charge in [0.2, 0.25) is 11.8 Å². The van der Waals surface area contributed by atoms with Crippen LogP contribution in [0.2, 0.25) is 0 Å². The smallest absolute Gasteiger partial charge is 0.550 e. The van der Waals surface area contributed by atoms with E-state index in [0.717, 1.165) is 43.4 Å². The number of carbonyl (C=O) groups excluding carboxylic acids is 4. The van der Waals surface area contributed by atoms with Crippen LogP contribution in [0.15, 0.2) is 0 Å². The first-order valence-electron chi connectivity index (χ1n) is 10.1. The van der Waals surface area contributed by atoms with Crippen molar-refractivity contribution in [3.63, 3.8) is 0 Å². The molecule has 0 heterocycles. The number of hydrogen-bond donors (Lipinski definition) is 0. The Labute approximate surface area is 190 Å². The molecule has 0 N–H and O–H groups in total. The minimum absolute atomic E-state index is 0. The molecule has 0 saturated heterocycles. The van der Waals surface area contributed by atoms with Gasteiger partial charge in [-0.1, -0.05) is 52.4 Å². The van der Waals surface area contributed by atoms with Gasteiger partial charge in [-0.05, 0) is 19.8 Å². The van der Waals surface area contributed by atoms with E-state index in [1.165, 1.54) is 0 Å². The molecule has 0 rings (SSSR count). The number of aliphatic carboxylic acids is 1. The normalized spacial score (nSPS) is 11.2. The number of ether oxygens (including phenoxy) is 1. The monoisotopic (exact) mass is 407 g/mol. The Hall–Kier alpha value is -0.920. The second-order valence-electron chi connectivity index (χ2n) is 6.62. The molecule has 0 aromatic heterocycles. The molecule has 1 atom stereocenters. The van der Waals surface area contributed by atoms with Crippen LogP contribution in [0, 0.1) is 0 Å². The van der Waals surface area contributed by atoms with Crippen molar-refractivity contribution in [2.45, 2.75) is 97.4 Å². The van der Waals surface area contributed by atoms with Gasteiger partial charge in [-0.2, -0.15) is 0 Å². The first-order chi connectivity index (χ1) is 12.9. The fourth-order valence-corrected chi connectivity index (χ4v) is 2.81. The van der Waals surface area contributed by atoms with Gasteiger partial charge in [0.25, 0.3) is 0 Å². The first kappa shape index (κ1) is 29.3. The van der Waals surface area contributed by atoms with Crippen LogP contribution < -0.4 is 34.7 Å². The molecule has 1 unspecified atom stereocenters. The van der Waals surface area contributed by atoms with Crippen LogP contribution >= 0.6 is 0 Å². The number of esters is 1. The van der Waals surface area contributed by atoms with Crippen LogP contribution in [0.4, 0.5) is 0 Å². The third kappa shape index (κ3) is 12.5. The Balaban J connectivity index is 0. The molecule has 0 aliphatic heterocycles. The Morgan fingerprint density at radius 1 is 0.821 bits per heavy atom. The molecule has 0 aromatic carbocycles. The minimum atomic E-state index is -1.50. The van der Waals surface area contributed by atoms with E-state index in [0.29, 0.717) is 12.8 Å². The molecule has 2 amide bonds. The van der Waals surface area contributed by atoms with E-state index in [9.17, 15) is 24.3 Å². The third-order valence-corrected chi connectivity index (χ3v) is 4.26. The Morgan fingerprint density at radius 2 is 1.29 bits per heavy atom. The summed E-state index contributed by atoms with van der Waals surface area (Å²) in [6.07, 6.45) is 6.26. The van der Waals surface area contributed by atoms with Gasteiger partial charge in [-0.15, -0.1) is 0 Å². The van der Waals surface area contributed by atoms with Crippen LogP contribution in [-0.4, -0.2) is 41.3 Å². The molecule has 0 aliphatic rings. The number of carboxylic acids is 1. The summed E-state index contributed by atoms with van der Waals surface area (Å²) < 4.78 is 4.90. The van der Waals surface area contributed by atoms with E-state index in [4.69, 9.17) is 4.74 Å². The van der Waals surface area contributed by atoms with Gasteiger partial charge in [-0.3, -0.25) is 14.5 Å². The van der Waals surface area contributed by atoms with Gasteiger partial charge in [0.15, 0.2) is 0 Å². The molecular weight excluding hydrogens is 373 g/mol. The number of imide groups is 1. The number of hydrogen-bond acceptors (Lipinski definition) is 6. The van der Waals surface area contributed by atoms with Gasteiger partial charge in [-0.25, -0.2) is 4.79 Å². The van der Waals surface area contributed by atoms with Crippen molar-refractivity contribution in [3.8, 4) is 0 Å². The molecule has 0 saturated carbocycles. The standard InChI is InChI=1S/C20H35NO6.Na/c1-4-7-9-11-13-17(22)21(18(23)14-12-10-8-5-2)16(15-19(24)25)20(26)27-6-3;/h16H,4-15H2,1-3H3,(H,24,25);/q;+1/p-1. The molecule has 0 aliphatic carbocycles. The Bertz CT molecular complexity index is 459. The predicted octanol–water partition coefficient (Wildman–Crippen LogP) is -0.642. The number of carbonyl (C=O) groups is 4. The Morgan fingerprint density at radius 3 is 1.64 bits per heavy atom. The molecule has 0 fully saturated rings. The molecule has 0 spiro atoms. The van der Waals surface area contributed by atoms with Gasteiger partial charge < -0.3 is 14.6 Å². The van der Waals surface area contributed by atoms with Crippen LogP contribution in [0.3, 0.4) is 0 Å². The van der Waals surface area contributed by atoms with Gasteiger partial charge in [0, 0.05) is 25.2 Å². The van der Waals surface area contributed by atoms with Gasteiger partial charge >= 0.3 is 35.5 Å². The molecule has 156 valence electrons. The van der Waals surface area contributed by atoms with Crippen LogP contribution in [0.1, 0.15) is 91.4 Å². The zero-order valence-corrected chi connectivity index (χ0v) is 20.0. The maximum Gasteiger partial charge on any atom is 1.00 e. The number of rotatable bonds is 15. The predicted molar refractivity (Wildman–Crippen MR) is 99.4 cm³/mol. The van der Waals surface area contributed by atoms with Crippen molar-refractivity contribution in [2.75, 3.05) is 6.61 Å². The maximum absolute atomic E-state index is 12.7. The molecule has 28 heavy (non-hydrogen) atoms. The van der Waals surface area contributed by atoms with Crippen LogP contribution in [0.25, 0.3) is 0 Å². The molecular formula is C20H34NNaO6. The van der Waals surface area contributed by atoms with Crippen molar-refractivity contribution in [2.24, 2.45) is 0 Å². The average molecular weight is 407 g/mol. The van der Waals surface area contributed by atoms with Crippen LogP contribution in [0.5, 0.6) is 0 Å². The third-order valence-electron chi connectivity index (χ3n) is 4.26. The maximum atomic E-state index is 12.7. The summed E-state index contributed by atoms with van der Waals surface area (Å²) in [7, 11) is 0. The van der Waals surface area contributed by atoms with Crippen molar-refractivity contribution in [3.05, 3.63) is 0 Å². The number of nitrogens with zero attached hydrogens (tertiary/aromatic N) is 1. The quantitative estimate of drug-likeness (QED) is 0.203. The first-order valence-corrected chi connectivity index (χ1v) is 10.1. The largest absolute Gasteiger partial charge is 1.00 e. The van der Waals surface area contributed by atoms with E-state index in [1.54, 1.807) is 6.92 Å². The summed E-state index contributed by atoms with van der Waals surface area (Å²) >= 11 is 0. The minimum Gasteiger partial charge on any atom is -0.550 e. The molecule has 0 aromatic rings. The number of carboxylic acid groups (broad SMARTS) is 1. The van der Waals surface area contributed by atoms with Crippen LogP contribution in [-0.2, 0) is 23.9 Å². The SMILES string of the molecule is CCCCCCC(=O)N(C(=O)CCCCCC)C(CC(=O)[O-])C(=O)OCC.[Na+]. The summed E-state index contributed by atoms with van der Waals surface area (Å²) in [6, 6.07) is -1.47. The van der Waals surface area contributed by atoms with E-state index in [2.05, 4.69) is 0 Å². The summed E-state index contributed by atoms with van der Waals surface area (Å²) in [5.41, 5.74) is 0. The second-order valence-corrected chi connectivity index (χ2v) is 6.62. The molecule has 0 radical (unpaired) electrons. The topological polar surface area (TPSA) is 104 Å². The summed E-state index contributed by atoms with van der Waals surface area (Å²) in [5, 5.41) is 11.1. The fraction of sp³-hybridized carbons (Fsp3) is 0.800. The summed E-state index contributed by atoms with van der Waals surface area (Å²) in [4.78, 5) is 49.4. The summed E-state index contributed by atoms with van der Waals surface area (Å²) in [6.45, 7) is 5.71. The van der Waals surface area contributed by atoms with E-state index in [-0.39, 0.29) is 49.0 Å². The summed E-state index contributed by atoms with van der Waals surface area (Å²) in [5.74, 6) is -3.43. The van der Waals surface area contributed by atoms with E-state index in [1.807, 2.05) is 13.8 Å². The molecule has 7 nitrogen and oxygen atoms in total. The number of amides is 2. The van der Waals surface area contributed by atoms with E-state index >= 15 is 0 Å². The van der Waals surface area contributed by atoms with E-state index < -0.39 is 36.2 Å². The van der Waals surface area contributed by atoms with Crippen molar-refractivity contribution in [1.82, 2.24) is 4.90 Å². The molecule has 0 bridgehead atoms. The van der Waals surface area contributed by atoms with Gasteiger partial charge in [0.1, 0.15) is 6.04 Å². The number of unbranched alkanes of at least 4 members (excludes halogenated alkanes) is 6. The zero-order valence-electron chi connectivity index (χ0n) is 18.0. The average Bonchev–Trinajstić information content (AvgIpc) is 2.61. The van der Waals surface area contributed by atoms with Crippen molar-refractivity contribution < 1.29 is 58.6 Å². The molecule has 8 heteroatoms. The van der Waals surface area contributed by atoms with Gasteiger partial charge in [0.05, 0.1) is 6.61 Å². The Kier molecular flexibility index (Phi) is 19.0. The fourth-order valence-electron chi connectivity index (χ4n) is 2.81. The zero-order chi connectivity index (χ0) is 20.7. The van der Waals surface area contributed by atoms with Crippen molar-refractivity contribution in [1.29, 1.82) is 0 Å².